The first kappa shape index (κ1) is 17.6. The zero-order valence-electron chi connectivity index (χ0n) is 12.0. The van der Waals surface area contributed by atoms with Crippen LogP contribution in [-0.2, 0) is 15.7 Å². The summed E-state index contributed by atoms with van der Waals surface area (Å²) in [6, 6.07) is 1.59. The van der Waals surface area contributed by atoms with Gasteiger partial charge in [-0.15, -0.1) is 0 Å². The zero-order valence-corrected chi connectivity index (χ0v) is 12.8. The SMILES string of the molecule is COC(=O)[C@@H]1C[C@H](NC(=O)c2cc(C(F)(F)F)ccc2Cl)CN1. The van der Waals surface area contributed by atoms with Gasteiger partial charge in [0.2, 0.25) is 0 Å². The Kier molecular flexibility index (Phi) is 5.16. The number of ether oxygens (including phenoxy) is 1. The molecule has 1 saturated heterocycles. The van der Waals surface area contributed by atoms with E-state index in [1.165, 1.54) is 7.11 Å². The van der Waals surface area contributed by atoms with Crippen LogP contribution in [0.5, 0.6) is 0 Å². The minimum absolute atomic E-state index is 0.0778. The van der Waals surface area contributed by atoms with E-state index in [0.717, 1.165) is 12.1 Å². The summed E-state index contributed by atoms with van der Waals surface area (Å²) < 4.78 is 42.7. The number of hydrogen-bond acceptors (Lipinski definition) is 4. The van der Waals surface area contributed by atoms with Gasteiger partial charge in [0.1, 0.15) is 6.04 Å². The van der Waals surface area contributed by atoms with Gasteiger partial charge in [-0.3, -0.25) is 9.59 Å². The summed E-state index contributed by atoms with van der Waals surface area (Å²) in [6.07, 6.45) is -4.28. The van der Waals surface area contributed by atoms with Gasteiger partial charge in [-0.05, 0) is 24.6 Å². The van der Waals surface area contributed by atoms with Crippen molar-refractivity contribution >= 4 is 23.5 Å². The number of hydrogen-bond donors (Lipinski definition) is 2. The maximum atomic E-state index is 12.7. The third-order valence-electron chi connectivity index (χ3n) is 3.49. The number of carbonyl (C=O) groups excluding carboxylic acids is 2. The van der Waals surface area contributed by atoms with Gasteiger partial charge in [-0.1, -0.05) is 11.6 Å². The quantitative estimate of drug-likeness (QED) is 0.818. The lowest BCUT2D eigenvalue weighted by atomic mass is 10.1. The molecule has 0 radical (unpaired) electrons. The maximum Gasteiger partial charge on any atom is 0.416 e. The Bertz CT molecular complexity index is 622. The highest BCUT2D eigenvalue weighted by atomic mass is 35.5. The number of alkyl halides is 3. The predicted molar refractivity (Wildman–Crippen MR) is 76.1 cm³/mol. The van der Waals surface area contributed by atoms with Crippen LogP contribution in [0.3, 0.4) is 0 Å². The molecule has 1 aliphatic rings. The fraction of sp³-hybridized carbons (Fsp3) is 0.429. The second kappa shape index (κ2) is 6.76. The van der Waals surface area contributed by atoms with E-state index < -0.39 is 35.7 Å². The Hall–Kier alpha value is -1.80. The highest BCUT2D eigenvalue weighted by Crippen LogP contribution is 2.31. The van der Waals surface area contributed by atoms with Gasteiger partial charge in [-0.25, -0.2) is 0 Å². The molecule has 23 heavy (non-hydrogen) atoms. The van der Waals surface area contributed by atoms with Gasteiger partial charge >= 0.3 is 12.1 Å². The van der Waals surface area contributed by atoms with Gasteiger partial charge in [0.15, 0.2) is 0 Å². The smallest absolute Gasteiger partial charge is 0.416 e. The molecule has 1 aromatic rings. The molecule has 1 aliphatic heterocycles. The normalized spacial score (nSPS) is 21.1. The molecule has 9 heteroatoms. The van der Waals surface area contributed by atoms with E-state index in [0.29, 0.717) is 12.6 Å². The zero-order chi connectivity index (χ0) is 17.2. The lowest BCUT2D eigenvalue weighted by Crippen LogP contribution is -2.36. The van der Waals surface area contributed by atoms with Crippen LogP contribution in [-0.4, -0.2) is 37.6 Å². The van der Waals surface area contributed by atoms with Gasteiger partial charge in [0.05, 0.1) is 23.3 Å². The molecule has 1 aromatic carbocycles. The first-order valence-corrected chi connectivity index (χ1v) is 7.09. The highest BCUT2D eigenvalue weighted by Gasteiger charge is 2.33. The lowest BCUT2D eigenvalue weighted by molar-refractivity contribution is -0.142. The van der Waals surface area contributed by atoms with Crippen molar-refractivity contribution in [3.8, 4) is 0 Å². The van der Waals surface area contributed by atoms with Crippen molar-refractivity contribution in [3.05, 3.63) is 34.3 Å². The molecular formula is C14H14ClF3N2O3. The van der Waals surface area contributed by atoms with Crippen molar-refractivity contribution in [2.75, 3.05) is 13.7 Å². The van der Waals surface area contributed by atoms with Crippen LogP contribution in [0.25, 0.3) is 0 Å². The summed E-state index contributed by atoms with van der Waals surface area (Å²) >= 11 is 5.81. The highest BCUT2D eigenvalue weighted by molar-refractivity contribution is 6.33. The topological polar surface area (TPSA) is 67.4 Å². The Balaban J connectivity index is 2.08. The average Bonchev–Trinajstić information content (AvgIpc) is 2.94. The molecule has 126 valence electrons. The Morgan fingerprint density at radius 3 is 2.70 bits per heavy atom. The number of methoxy groups -OCH3 is 1. The number of esters is 1. The first-order chi connectivity index (χ1) is 10.7. The van der Waals surface area contributed by atoms with Gasteiger partial charge in [0.25, 0.3) is 5.91 Å². The summed E-state index contributed by atoms with van der Waals surface area (Å²) in [7, 11) is 1.25. The number of nitrogens with one attached hydrogen (secondary N) is 2. The minimum Gasteiger partial charge on any atom is -0.468 e. The molecule has 0 aromatic heterocycles. The molecule has 0 saturated carbocycles. The third-order valence-corrected chi connectivity index (χ3v) is 3.82. The monoisotopic (exact) mass is 350 g/mol. The summed E-state index contributed by atoms with van der Waals surface area (Å²) in [5, 5.41) is 5.35. The minimum atomic E-state index is -4.56. The van der Waals surface area contributed by atoms with Crippen molar-refractivity contribution in [2.24, 2.45) is 0 Å². The van der Waals surface area contributed by atoms with Crippen LogP contribution in [0.2, 0.25) is 5.02 Å². The van der Waals surface area contributed by atoms with Crippen molar-refractivity contribution < 1.29 is 27.5 Å². The molecule has 1 heterocycles. The second-order valence-corrected chi connectivity index (χ2v) is 5.49. The molecule has 2 atom stereocenters. The number of amides is 1. The molecule has 0 bridgehead atoms. The molecule has 2 N–H and O–H groups in total. The van der Waals surface area contributed by atoms with Crippen LogP contribution in [0.15, 0.2) is 18.2 Å². The molecule has 1 fully saturated rings. The second-order valence-electron chi connectivity index (χ2n) is 5.08. The van der Waals surface area contributed by atoms with Crippen LogP contribution >= 0.6 is 11.6 Å². The van der Waals surface area contributed by atoms with Crippen molar-refractivity contribution in [2.45, 2.75) is 24.7 Å². The molecular weight excluding hydrogens is 337 g/mol. The van der Waals surface area contributed by atoms with Crippen LogP contribution in [0.1, 0.15) is 22.3 Å². The Labute approximate surface area is 135 Å². The van der Waals surface area contributed by atoms with Crippen LogP contribution in [0, 0.1) is 0 Å². The summed E-state index contributed by atoms with van der Waals surface area (Å²) in [5.41, 5.74) is -1.22. The number of rotatable bonds is 3. The van der Waals surface area contributed by atoms with E-state index >= 15 is 0 Å². The molecule has 5 nitrogen and oxygen atoms in total. The molecule has 0 spiro atoms. The lowest BCUT2D eigenvalue weighted by Gasteiger charge is -2.14. The fourth-order valence-corrected chi connectivity index (χ4v) is 2.51. The molecule has 0 unspecified atom stereocenters. The van der Waals surface area contributed by atoms with Crippen molar-refractivity contribution in [1.82, 2.24) is 10.6 Å². The molecule has 1 amide bonds. The van der Waals surface area contributed by atoms with Crippen molar-refractivity contribution in [3.63, 3.8) is 0 Å². The van der Waals surface area contributed by atoms with E-state index in [2.05, 4.69) is 15.4 Å². The van der Waals surface area contributed by atoms with E-state index in [-0.39, 0.29) is 17.0 Å². The fourth-order valence-electron chi connectivity index (χ4n) is 2.31. The first-order valence-electron chi connectivity index (χ1n) is 6.71. The Morgan fingerprint density at radius 2 is 2.09 bits per heavy atom. The van der Waals surface area contributed by atoms with Gasteiger partial charge < -0.3 is 15.4 Å². The summed E-state index contributed by atoms with van der Waals surface area (Å²) in [4.78, 5) is 23.5. The van der Waals surface area contributed by atoms with E-state index in [9.17, 15) is 22.8 Å². The van der Waals surface area contributed by atoms with Crippen molar-refractivity contribution in [1.29, 1.82) is 0 Å². The third kappa shape index (κ3) is 4.14. The van der Waals surface area contributed by atoms with Gasteiger partial charge in [-0.2, -0.15) is 13.2 Å². The van der Waals surface area contributed by atoms with E-state index in [1.807, 2.05) is 0 Å². The molecule has 2 rings (SSSR count). The standard InChI is InChI=1S/C14H14ClF3N2O3/c1-23-13(22)11-5-8(6-19-11)20-12(21)9-4-7(14(16,17)18)2-3-10(9)15/h2-4,8,11,19H,5-6H2,1H3,(H,20,21)/t8-,11-/m0/s1. The van der Waals surface area contributed by atoms with E-state index in [1.54, 1.807) is 0 Å². The predicted octanol–water partition coefficient (Wildman–Crippen LogP) is 1.99. The summed E-state index contributed by atoms with van der Waals surface area (Å²) in [6.45, 7) is 0.308. The van der Waals surface area contributed by atoms with Gasteiger partial charge in [0, 0.05) is 12.6 Å². The van der Waals surface area contributed by atoms with E-state index in [4.69, 9.17) is 11.6 Å². The average molecular weight is 351 g/mol. The largest absolute Gasteiger partial charge is 0.468 e. The van der Waals surface area contributed by atoms with Crippen LogP contribution < -0.4 is 10.6 Å². The number of carbonyl (C=O) groups is 2. The maximum absolute atomic E-state index is 12.7. The number of benzene rings is 1. The Morgan fingerprint density at radius 1 is 1.39 bits per heavy atom. The summed E-state index contributed by atoms with van der Waals surface area (Å²) in [5.74, 6) is -1.18. The molecule has 0 aliphatic carbocycles. The number of halogens is 4. The van der Waals surface area contributed by atoms with Crippen LogP contribution in [0.4, 0.5) is 13.2 Å².